The van der Waals surface area contributed by atoms with Crippen molar-refractivity contribution < 1.29 is 9.53 Å². The van der Waals surface area contributed by atoms with Crippen LogP contribution >= 0.6 is 11.6 Å². The predicted octanol–water partition coefficient (Wildman–Crippen LogP) is 5.52. The molecule has 0 heterocycles. The Bertz CT molecular complexity index is 687. The van der Waals surface area contributed by atoms with E-state index in [1.807, 2.05) is 12.1 Å². The van der Waals surface area contributed by atoms with Gasteiger partial charge in [-0.2, -0.15) is 0 Å². The Labute approximate surface area is 154 Å². The van der Waals surface area contributed by atoms with Crippen LogP contribution in [0, 0.1) is 0 Å². The van der Waals surface area contributed by atoms with Crippen molar-refractivity contribution in [3.63, 3.8) is 0 Å². The molecule has 0 saturated heterocycles. The SMILES string of the molecule is CCCCCCCOc1ccc(C(=O)Nc2ccc(Cl)c(N)c2)cc1. The quantitative estimate of drug-likeness (QED) is 0.457. The lowest BCUT2D eigenvalue weighted by atomic mass is 10.1. The van der Waals surface area contributed by atoms with Gasteiger partial charge in [0.25, 0.3) is 5.91 Å². The molecule has 2 rings (SSSR count). The van der Waals surface area contributed by atoms with E-state index >= 15 is 0 Å². The number of nitrogen functional groups attached to an aromatic ring is 1. The van der Waals surface area contributed by atoms with E-state index in [-0.39, 0.29) is 5.91 Å². The van der Waals surface area contributed by atoms with E-state index < -0.39 is 0 Å². The van der Waals surface area contributed by atoms with Crippen LogP contribution in [-0.2, 0) is 0 Å². The number of carbonyl (C=O) groups excluding carboxylic acids is 1. The summed E-state index contributed by atoms with van der Waals surface area (Å²) in [5.74, 6) is 0.579. The van der Waals surface area contributed by atoms with E-state index in [2.05, 4.69) is 12.2 Å². The van der Waals surface area contributed by atoms with Crippen LogP contribution in [0.25, 0.3) is 0 Å². The smallest absolute Gasteiger partial charge is 0.255 e. The molecule has 0 atom stereocenters. The summed E-state index contributed by atoms with van der Waals surface area (Å²) in [5.41, 5.74) is 7.34. The summed E-state index contributed by atoms with van der Waals surface area (Å²) in [6.45, 7) is 2.91. The number of ether oxygens (including phenoxy) is 1. The Balaban J connectivity index is 1.82. The number of hydrogen-bond acceptors (Lipinski definition) is 3. The number of amides is 1. The number of halogens is 1. The van der Waals surface area contributed by atoms with Crippen molar-refractivity contribution in [2.24, 2.45) is 0 Å². The van der Waals surface area contributed by atoms with Gasteiger partial charge in [0, 0.05) is 11.3 Å². The van der Waals surface area contributed by atoms with Crippen molar-refractivity contribution >= 4 is 28.9 Å². The lowest BCUT2D eigenvalue weighted by molar-refractivity contribution is 0.102. The first kappa shape index (κ1) is 19.1. The second-order valence-electron chi connectivity index (χ2n) is 5.98. The molecule has 0 bridgehead atoms. The standard InChI is InChI=1S/C20H25ClN2O2/c1-2-3-4-5-6-13-25-17-10-7-15(8-11-17)20(24)23-16-9-12-18(21)19(22)14-16/h7-12,14H,2-6,13,22H2,1H3,(H,23,24). The molecule has 2 aromatic carbocycles. The van der Waals surface area contributed by atoms with Gasteiger partial charge >= 0.3 is 0 Å². The first-order chi connectivity index (χ1) is 12.1. The van der Waals surface area contributed by atoms with E-state index in [1.54, 1.807) is 30.3 Å². The summed E-state index contributed by atoms with van der Waals surface area (Å²) in [6.07, 6.45) is 6.03. The van der Waals surface area contributed by atoms with Gasteiger partial charge in [0.2, 0.25) is 0 Å². The van der Waals surface area contributed by atoms with Crippen LogP contribution in [0.3, 0.4) is 0 Å². The van der Waals surface area contributed by atoms with Crippen LogP contribution in [0.2, 0.25) is 5.02 Å². The number of carbonyl (C=O) groups is 1. The lowest BCUT2D eigenvalue weighted by Gasteiger charge is -2.09. The van der Waals surface area contributed by atoms with Crippen LogP contribution in [0.1, 0.15) is 49.4 Å². The molecule has 0 aliphatic heterocycles. The minimum absolute atomic E-state index is 0.201. The van der Waals surface area contributed by atoms with Crippen molar-refractivity contribution in [3.8, 4) is 5.75 Å². The molecule has 0 aliphatic carbocycles. The molecule has 4 nitrogen and oxygen atoms in total. The highest BCUT2D eigenvalue weighted by atomic mass is 35.5. The zero-order chi connectivity index (χ0) is 18.1. The minimum atomic E-state index is -0.201. The molecule has 3 N–H and O–H groups in total. The number of unbranched alkanes of at least 4 members (excludes halogenated alkanes) is 4. The van der Waals surface area contributed by atoms with Gasteiger partial charge in [-0.05, 0) is 48.9 Å². The second kappa shape index (κ2) is 9.94. The number of nitrogens with two attached hydrogens (primary N) is 1. The largest absolute Gasteiger partial charge is 0.494 e. The number of rotatable bonds is 9. The third-order valence-corrected chi connectivity index (χ3v) is 4.23. The van der Waals surface area contributed by atoms with E-state index in [1.165, 1.54) is 25.7 Å². The molecule has 0 aliphatic rings. The van der Waals surface area contributed by atoms with Crippen molar-refractivity contribution in [1.29, 1.82) is 0 Å². The molecule has 134 valence electrons. The summed E-state index contributed by atoms with van der Waals surface area (Å²) >= 11 is 5.88. The third-order valence-electron chi connectivity index (χ3n) is 3.89. The summed E-state index contributed by atoms with van der Waals surface area (Å²) < 4.78 is 5.71. The van der Waals surface area contributed by atoms with Crippen LogP contribution < -0.4 is 15.8 Å². The van der Waals surface area contributed by atoms with Gasteiger partial charge in [-0.25, -0.2) is 0 Å². The Kier molecular flexibility index (Phi) is 7.61. The van der Waals surface area contributed by atoms with Gasteiger partial charge in [0.05, 0.1) is 17.3 Å². The topological polar surface area (TPSA) is 64.3 Å². The Morgan fingerprint density at radius 2 is 1.80 bits per heavy atom. The highest BCUT2D eigenvalue weighted by molar-refractivity contribution is 6.33. The van der Waals surface area contributed by atoms with Gasteiger partial charge < -0.3 is 15.8 Å². The molecular weight excluding hydrogens is 336 g/mol. The number of nitrogens with one attached hydrogen (secondary N) is 1. The van der Waals surface area contributed by atoms with Crippen molar-refractivity contribution in [2.75, 3.05) is 17.7 Å². The van der Waals surface area contributed by atoms with Gasteiger partial charge in [0.1, 0.15) is 5.75 Å². The van der Waals surface area contributed by atoms with E-state index in [0.29, 0.717) is 28.6 Å². The van der Waals surface area contributed by atoms with Crippen molar-refractivity contribution in [1.82, 2.24) is 0 Å². The summed E-state index contributed by atoms with van der Waals surface area (Å²) in [6, 6.07) is 12.1. The fourth-order valence-electron chi connectivity index (χ4n) is 2.42. The average Bonchev–Trinajstić information content (AvgIpc) is 2.61. The summed E-state index contributed by atoms with van der Waals surface area (Å²) in [4.78, 5) is 12.3. The van der Waals surface area contributed by atoms with Crippen LogP contribution in [-0.4, -0.2) is 12.5 Å². The molecular formula is C20H25ClN2O2. The Hall–Kier alpha value is -2.20. The molecule has 1 amide bonds. The minimum Gasteiger partial charge on any atom is -0.494 e. The molecule has 25 heavy (non-hydrogen) atoms. The van der Waals surface area contributed by atoms with Gasteiger partial charge in [-0.3, -0.25) is 4.79 Å². The summed E-state index contributed by atoms with van der Waals surface area (Å²) in [7, 11) is 0. The average molecular weight is 361 g/mol. The highest BCUT2D eigenvalue weighted by Crippen LogP contribution is 2.23. The molecule has 2 aromatic rings. The monoisotopic (exact) mass is 360 g/mol. The molecule has 0 unspecified atom stereocenters. The number of anilines is 2. The fraction of sp³-hybridized carbons (Fsp3) is 0.350. The summed E-state index contributed by atoms with van der Waals surface area (Å²) in [5, 5.41) is 3.27. The zero-order valence-corrected chi connectivity index (χ0v) is 15.3. The van der Waals surface area contributed by atoms with Crippen LogP contribution in [0.5, 0.6) is 5.75 Å². The van der Waals surface area contributed by atoms with Crippen molar-refractivity contribution in [2.45, 2.75) is 39.0 Å². The molecule has 0 radical (unpaired) electrons. The maximum absolute atomic E-state index is 12.3. The van der Waals surface area contributed by atoms with Crippen LogP contribution in [0.4, 0.5) is 11.4 Å². The maximum Gasteiger partial charge on any atom is 0.255 e. The fourth-order valence-corrected chi connectivity index (χ4v) is 2.54. The lowest BCUT2D eigenvalue weighted by Crippen LogP contribution is -2.12. The van der Waals surface area contributed by atoms with E-state index in [9.17, 15) is 4.79 Å². The highest BCUT2D eigenvalue weighted by Gasteiger charge is 2.07. The Morgan fingerprint density at radius 1 is 1.08 bits per heavy atom. The first-order valence-electron chi connectivity index (χ1n) is 8.69. The molecule has 0 fully saturated rings. The van der Waals surface area contributed by atoms with Gasteiger partial charge in [0.15, 0.2) is 0 Å². The van der Waals surface area contributed by atoms with E-state index in [4.69, 9.17) is 22.1 Å². The third kappa shape index (κ3) is 6.31. The van der Waals surface area contributed by atoms with Gasteiger partial charge in [-0.15, -0.1) is 0 Å². The second-order valence-corrected chi connectivity index (χ2v) is 6.38. The molecule has 0 aromatic heterocycles. The number of benzene rings is 2. The molecule has 0 spiro atoms. The molecule has 0 saturated carbocycles. The number of hydrogen-bond donors (Lipinski definition) is 2. The zero-order valence-electron chi connectivity index (χ0n) is 14.6. The van der Waals surface area contributed by atoms with E-state index in [0.717, 1.165) is 12.2 Å². The normalized spacial score (nSPS) is 10.5. The predicted molar refractivity (Wildman–Crippen MR) is 105 cm³/mol. The maximum atomic E-state index is 12.3. The first-order valence-corrected chi connectivity index (χ1v) is 9.07. The van der Waals surface area contributed by atoms with Crippen molar-refractivity contribution in [3.05, 3.63) is 53.1 Å². The van der Waals surface area contributed by atoms with Gasteiger partial charge in [-0.1, -0.05) is 44.2 Å². The van der Waals surface area contributed by atoms with Crippen LogP contribution in [0.15, 0.2) is 42.5 Å². The Morgan fingerprint density at radius 3 is 2.48 bits per heavy atom. The molecule has 5 heteroatoms.